The van der Waals surface area contributed by atoms with Gasteiger partial charge in [-0.1, -0.05) is 24.3 Å². The highest BCUT2D eigenvalue weighted by atomic mass is 32.1. The number of rotatable bonds is 14. The third-order valence-corrected chi connectivity index (χ3v) is 7.37. The molecule has 0 amide bonds. The van der Waals surface area contributed by atoms with Gasteiger partial charge in [0.25, 0.3) is 0 Å². The van der Waals surface area contributed by atoms with Crippen LogP contribution in [0.25, 0.3) is 10.4 Å². The first-order chi connectivity index (χ1) is 16.3. The van der Waals surface area contributed by atoms with E-state index < -0.39 is 7.60 Å². The molecule has 1 aromatic heterocycles. The number of halogens is 1. The Morgan fingerprint density at radius 3 is 2.59 bits per heavy atom. The van der Waals surface area contributed by atoms with E-state index in [0.29, 0.717) is 31.7 Å². The molecule has 3 N–H and O–H groups in total. The number of benzene rings is 2. The van der Waals surface area contributed by atoms with Crippen molar-refractivity contribution in [3.8, 4) is 16.2 Å². The lowest BCUT2D eigenvalue weighted by atomic mass is 10.1. The third kappa shape index (κ3) is 8.97. The van der Waals surface area contributed by atoms with Crippen molar-refractivity contribution in [1.82, 2.24) is 5.32 Å². The van der Waals surface area contributed by atoms with Crippen LogP contribution in [-0.2, 0) is 17.5 Å². The normalized spacial score (nSPS) is 11.6. The molecule has 0 radical (unpaired) electrons. The molecule has 0 atom stereocenters. The van der Waals surface area contributed by atoms with E-state index in [2.05, 4.69) is 17.4 Å². The standard InChI is InChI=1S/C26H33FNO4PS/c1-20-9-10-21(18-24(20)27)7-3-2-4-14-32-25-12-11-22(17-23(25)26-8-5-16-34-26)19-28-13-6-15-33(29,30)31/h5,8-12,16-18,28H,2-4,6-7,13-15,19H2,1H3,(H2,29,30,31). The zero-order chi connectivity index (χ0) is 24.4. The summed E-state index contributed by atoms with van der Waals surface area (Å²) >= 11 is 1.66. The number of hydrogen-bond donors (Lipinski definition) is 3. The van der Waals surface area contributed by atoms with Crippen molar-refractivity contribution in [2.24, 2.45) is 0 Å². The van der Waals surface area contributed by atoms with E-state index in [1.165, 1.54) is 0 Å². The maximum atomic E-state index is 13.7. The van der Waals surface area contributed by atoms with Gasteiger partial charge in [-0.2, -0.15) is 0 Å². The van der Waals surface area contributed by atoms with Crippen LogP contribution < -0.4 is 10.1 Å². The van der Waals surface area contributed by atoms with Gasteiger partial charge >= 0.3 is 7.60 Å². The molecule has 0 fully saturated rings. The van der Waals surface area contributed by atoms with Gasteiger partial charge in [0.1, 0.15) is 11.6 Å². The minimum Gasteiger partial charge on any atom is -0.493 e. The second-order valence-electron chi connectivity index (χ2n) is 8.47. The Kier molecular flexibility index (Phi) is 10.3. The van der Waals surface area contributed by atoms with Crippen molar-refractivity contribution in [2.45, 2.75) is 45.6 Å². The minimum absolute atomic E-state index is 0.102. The highest BCUT2D eigenvalue weighted by molar-refractivity contribution is 7.51. The number of thiophene rings is 1. The highest BCUT2D eigenvalue weighted by Gasteiger charge is 2.12. The molecule has 0 saturated carbocycles. The Bertz CT molecular complexity index is 1080. The van der Waals surface area contributed by atoms with Crippen molar-refractivity contribution in [2.75, 3.05) is 19.3 Å². The summed E-state index contributed by atoms with van der Waals surface area (Å²) in [5.41, 5.74) is 3.87. The van der Waals surface area contributed by atoms with Crippen molar-refractivity contribution in [1.29, 1.82) is 0 Å². The maximum Gasteiger partial charge on any atom is 0.325 e. The zero-order valence-corrected chi connectivity index (χ0v) is 21.2. The summed E-state index contributed by atoms with van der Waals surface area (Å²) in [7, 11) is -3.93. The monoisotopic (exact) mass is 505 g/mol. The Morgan fingerprint density at radius 2 is 1.85 bits per heavy atom. The van der Waals surface area contributed by atoms with E-state index in [-0.39, 0.29) is 12.0 Å². The largest absolute Gasteiger partial charge is 0.493 e. The second-order valence-corrected chi connectivity index (χ2v) is 11.2. The summed E-state index contributed by atoms with van der Waals surface area (Å²) < 4.78 is 30.7. The lowest BCUT2D eigenvalue weighted by Crippen LogP contribution is -2.15. The summed E-state index contributed by atoms with van der Waals surface area (Å²) in [6.07, 6.45) is 4.14. The van der Waals surface area contributed by atoms with Crippen LogP contribution in [-0.4, -0.2) is 29.1 Å². The minimum atomic E-state index is -3.93. The summed E-state index contributed by atoms with van der Waals surface area (Å²) in [4.78, 5) is 19.0. The Hall–Kier alpha value is -2.02. The summed E-state index contributed by atoms with van der Waals surface area (Å²) in [5, 5.41) is 5.29. The fraction of sp³-hybridized carbons (Fsp3) is 0.385. The molecule has 0 unspecified atom stereocenters. The number of ether oxygens (including phenoxy) is 1. The summed E-state index contributed by atoms with van der Waals surface area (Å²) in [5.74, 6) is 0.718. The third-order valence-electron chi connectivity index (χ3n) is 5.57. The predicted molar refractivity (Wildman–Crippen MR) is 137 cm³/mol. The summed E-state index contributed by atoms with van der Waals surface area (Å²) in [6, 6.07) is 15.7. The average Bonchev–Trinajstić information content (AvgIpc) is 3.33. The van der Waals surface area contributed by atoms with Gasteiger partial charge in [0.05, 0.1) is 12.8 Å². The van der Waals surface area contributed by atoms with Gasteiger partial charge in [0.2, 0.25) is 0 Å². The number of aryl methyl sites for hydroxylation is 2. The molecule has 184 valence electrons. The first kappa shape index (κ1) is 26.6. The molecule has 0 aliphatic carbocycles. The van der Waals surface area contributed by atoms with Crippen LogP contribution in [0.15, 0.2) is 53.9 Å². The van der Waals surface area contributed by atoms with E-state index in [9.17, 15) is 8.96 Å². The van der Waals surface area contributed by atoms with Gasteiger partial charge in [-0.3, -0.25) is 4.57 Å². The second kappa shape index (κ2) is 13.2. The predicted octanol–water partition coefficient (Wildman–Crippen LogP) is 6.31. The molecule has 0 spiro atoms. The van der Waals surface area contributed by atoms with Crippen LogP contribution in [0.1, 0.15) is 42.4 Å². The highest BCUT2D eigenvalue weighted by Crippen LogP contribution is 2.35. The van der Waals surface area contributed by atoms with E-state index >= 15 is 0 Å². The molecule has 1 heterocycles. The molecule has 3 rings (SSSR count). The molecule has 0 saturated heterocycles. The van der Waals surface area contributed by atoms with Crippen LogP contribution in [0.5, 0.6) is 5.75 Å². The molecule has 2 aromatic carbocycles. The van der Waals surface area contributed by atoms with Gasteiger partial charge < -0.3 is 19.8 Å². The van der Waals surface area contributed by atoms with Gasteiger partial charge in [0.15, 0.2) is 0 Å². The lowest BCUT2D eigenvalue weighted by Gasteiger charge is -2.13. The maximum absolute atomic E-state index is 13.7. The van der Waals surface area contributed by atoms with E-state index in [4.69, 9.17) is 14.5 Å². The smallest absolute Gasteiger partial charge is 0.325 e. The molecular weight excluding hydrogens is 472 g/mol. The number of nitrogens with one attached hydrogen (secondary N) is 1. The topological polar surface area (TPSA) is 78.8 Å². The molecular formula is C26H33FNO4PS. The Balaban J connectivity index is 1.47. The molecule has 5 nitrogen and oxygen atoms in total. The fourth-order valence-electron chi connectivity index (χ4n) is 3.66. The molecule has 3 aromatic rings. The van der Waals surface area contributed by atoms with E-state index in [1.807, 2.05) is 35.7 Å². The van der Waals surface area contributed by atoms with E-state index in [1.54, 1.807) is 24.3 Å². The molecule has 0 aliphatic rings. The van der Waals surface area contributed by atoms with Gasteiger partial charge in [0, 0.05) is 17.0 Å². The first-order valence-electron chi connectivity index (χ1n) is 11.6. The fourth-order valence-corrected chi connectivity index (χ4v) is 4.98. The van der Waals surface area contributed by atoms with Crippen molar-refractivity contribution in [3.63, 3.8) is 0 Å². The van der Waals surface area contributed by atoms with Gasteiger partial charge in [-0.05, 0) is 91.9 Å². The number of unbranched alkanes of at least 4 members (excludes halogenated alkanes) is 2. The van der Waals surface area contributed by atoms with Crippen molar-refractivity contribution >= 4 is 18.9 Å². The van der Waals surface area contributed by atoms with Crippen LogP contribution in [0.2, 0.25) is 0 Å². The average molecular weight is 506 g/mol. The first-order valence-corrected chi connectivity index (χ1v) is 14.3. The van der Waals surface area contributed by atoms with Crippen LogP contribution in [0.4, 0.5) is 4.39 Å². The van der Waals surface area contributed by atoms with E-state index in [0.717, 1.165) is 53.0 Å². The van der Waals surface area contributed by atoms with Crippen LogP contribution in [0.3, 0.4) is 0 Å². The molecule has 8 heteroatoms. The molecule has 0 bridgehead atoms. The lowest BCUT2D eigenvalue weighted by molar-refractivity contribution is 0.306. The quantitative estimate of drug-likeness (QED) is 0.177. The Morgan fingerprint density at radius 1 is 1.03 bits per heavy atom. The van der Waals surface area contributed by atoms with Crippen molar-refractivity contribution < 1.29 is 23.5 Å². The molecule has 0 aliphatic heterocycles. The van der Waals surface area contributed by atoms with Gasteiger partial charge in [-0.25, -0.2) is 4.39 Å². The van der Waals surface area contributed by atoms with Gasteiger partial charge in [-0.15, -0.1) is 11.3 Å². The Labute approximate surface area is 205 Å². The van der Waals surface area contributed by atoms with Crippen LogP contribution in [0, 0.1) is 12.7 Å². The SMILES string of the molecule is Cc1ccc(CCCCCOc2ccc(CNCCCP(=O)(O)O)cc2-c2cccs2)cc1F. The molecule has 34 heavy (non-hydrogen) atoms. The summed E-state index contributed by atoms with van der Waals surface area (Å²) in [6.45, 7) is 3.58. The van der Waals surface area contributed by atoms with Crippen molar-refractivity contribution in [3.05, 3.63) is 76.4 Å². The van der Waals surface area contributed by atoms with Crippen LogP contribution >= 0.6 is 18.9 Å². The zero-order valence-electron chi connectivity index (χ0n) is 19.5. The number of hydrogen-bond acceptors (Lipinski definition) is 4.